The topological polar surface area (TPSA) is 44.8 Å². The molecular weight excluding hydrogens is 292 g/mol. The average molecular weight is 313 g/mol. The normalized spacial score (nSPS) is 26.8. The Morgan fingerprint density at radius 3 is 2.52 bits per heavy atom. The molecule has 2 rings (SSSR count). The van der Waals surface area contributed by atoms with E-state index in [4.69, 9.17) is 9.39 Å². The Kier molecular flexibility index (Phi) is 5.32. The summed E-state index contributed by atoms with van der Waals surface area (Å²) in [5, 5.41) is 0. The molecule has 1 saturated heterocycles. The van der Waals surface area contributed by atoms with E-state index in [9.17, 15) is 8.94 Å². The van der Waals surface area contributed by atoms with Gasteiger partial charge in [0.25, 0.3) is 0 Å². The summed E-state index contributed by atoms with van der Waals surface area (Å²) in [7, 11) is 1.90. The predicted molar refractivity (Wildman–Crippen MR) is 82.4 cm³/mol. The van der Waals surface area contributed by atoms with E-state index in [1.807, 2.05) is 30.8 Å². The van der Waals surface area contributed by atoms with Crippen LogP contribution in [0.5, 0.6) is 0 Å². The molecule has 0 saturated carbocycles. The van der Waals surface area contributed by atoms with Gasteiger partial charge in [-0.15, -0.1) is 0 Å². The van der Waals surface area contributed by atoms with Crippen molar-refractivity contribution in [1.29, 1.82) is 0 Å². The van der Waals surface area contributed by atoms with Crippen LogP contribution in [0, 0.1) is 0 Å². The summed E-state index contributed by atoms with van der Waals surface area (Å²) in [5.74, 6) is 0. The van der Waals surface area contributed by atoms with Gasteiger partial charge in [-0.25, -0.2) is 4.39 Å². The molecule has 116 valence electrons. The van der Waals surface area contributed by atoms with Gasteiger partial charge in [-0.3, -0.25) is 4.81 Å². The SMILES string of the molecule is COBN1[C@H](CF)[C@@H](c2ccc([S+](C)[O-])cc2)OC1(C)C. The van der Waals surface area contributed by atoms with Crippen LogP contribution in [-0.2, 0) is 20.6 Å². The molecule has 1 fully saturated rings. The molecule has 0 radical (unpaired) electrons. The van der Waals surface area contributed by atoms with E-state index in [-0.39, 0.29) is 6.10 Å². The minimum atomic E-state index is -1.02. The zero-order valence-electron chi connectivity index (χ0n) is 12.8. The van der Waals surface area contributed by atoms with E-state index >= 15 is 0 Å². The summed E-state index contributed by atoms with van der Waals surface area (Å²) in [5.41, 5.74) is 0.294. The van der Waals surface area contributed by atoms with Crippen LogP contribution in [0.25, 0.3) is 0 Å². The second-order valence-electron chi connectivity index (χ2n) is 5.62. The molecule has 1 unspecified atom stereocenters. The lowest BCUT2D eigenvalue weighted by Gasteiger charge is -2.31. The monoisotopic (exact) mass is 313 g/mol. The summed E-state index contributed by atoms with van der Waals surface area (Å²) in [4.78, 5) is 2.63. The first-order chi connectivity index (χ1) is 9.90. The van der Waals surface area contributed by atoms with Crippen molar-refractivity contribution in [3.05, 3.63) is 29.8 Å². The van der Waals surface area contributed by atoms with Gasteiger partial charge in [0.05, 0.1) is 6.04 Å². The van der Waals surface area contributed by atoms with Crippen molar-refractivity contribution >= 4 is 18.8 Å². The van der Waals surface area contributed by atoms with Crippen molar-refractivity contribution in [3.8, 4) is 0 Å². The van der Waals surface area contributed by atoms with Gasteiger partial charge in [-0.05, 0) is 42.7 Å². The van der Waals surface area contributed by atoms with Crippen LogP contribution in [0.15, 0.2) is 29.2 Å². The van der Waals surface area contributed by atoms with Gasteiger partial charge in [-0.1, -0.05) is 12.1 Å². The molecule has 1 aromatic rings. The molecule has 21 heavy (non-hydrogen) atoms. The molecule has 0 N–H and O–H groups in total. The van der Waals surface area contributed by atoms with E-state index in [1.54, 1.807) is 25.5 Å². The highest BCUT2D eigenvalue weighted by Gasteiger charge is 2.48. The summed E-state index contributed by atoms with van der Waals surface area (Å²) < 4.78 is 36.2. The Labute approximate surface area is 129 Å². The molecule has 0 spiro atoms. The first kappa shape index (κ1) is 16.8. The van der Waals surface area contributed by atoms with E-state index < -0.39 is 29.6 Å². The molecule has 4 nitrogen and oxygen atoms in total. The van der Waals surface area contributed by atoms with Crippen molar-refractivity contribution < 1.29 is 18.3 Å². The first-order valence-corrected chi connectivity index (χ1v) is 8.39. The van der Waals surface area contributed by atoms with Gasteiger partial charge in [0.2, 0.25) is 0 Å². The second kappa shape index (κ2) is 6.66. The number of ether oxygens (including phenoxy) is 1. The highest BCUT2D eigenvalue weighted by Crippen LogP contribution is 2.40. The number of nitrogens with zero attached hydrogens (tertiary/aromatic N) is 1. The third kappa shape index (κ3) is 3.43. The molecule has 0 amide bonds. The second-order valence-corrected chi connectivity index (χ2v) is 7.00. The number of alkyl halides is 1. The third-order valence-corrected chi connectivity index (χ3v) is 4.76. The number of halogens is 1. The lowest BCUT2D eigenvalue weighted by atomic mass is 9.98. The molecule has 3 atom stereocenters. The van der Waals surface area contributed by atoms with Crippen LogP contribution in [0.4, 0.5) is 4.39 Å². The Morgan fingerprint density at radius 2 is 2.05 bits per heavy atom. The lowest BCUT2D eigenvalue weighted by Crippen LogP contribution is -2.47. The number of benzene rings is 1. The van der Waals surface area contributed by atoms with Gasteiger partial charge in [0.1, 0.15) is 24.8 Å². The molecule has 1 heterocycles. The molecular formula is C14H21BFNO3S. The highest BCUT2D eigenvalue weighted by molar-refractivity contribution is 7.90. The minimum Gasteiger partial charge on any atom is -0.612 e. The van der Waals surface area contributed by atoms with Crippen molar-refractivity contribution in [1.82, 2.24) is 4.81 Å². The van der Waals surface area contributed by atoms with E-state index in [0.717, 1.165) is 10.5 Å². The highest BCUT2D eigenvalue weighted by atomic mass is 32.2. The van der Waals surface area contributed by atoms with Crippen LogP contribution in [0.1, 0.15) is 25.5 Å². The quantitative estimate of drug-likeness (QED) is 0.614. The van der Waals surface area contributed by atoms with Crippen LogP contribution >= 0.6 is 0 Å². The van der Waals surface area contributed by atoms with Gasteiger partial charge in [0, 0.05) is 7.11 Å². The Balaban J connectivity index is 2.26. The van der Waals surface area contributed by atoms with Crippen LogP contribution in [-0.4, -0.2) is 48.8 Å². The number of hydrogen-bond acceptors (Lipinski definition) is 4. The maximum Gasteiger partial charge on any atom is 0.365 e. The van der Waals surface area contributed by atoms with Crippen molar-refractivity contribution in [3.63, 3.8) is 0 Å². The fourth-order valence-corrected chi connectivity index (χ4v) is 3.23. The molecule has 7 heteroatoms. The van der Waals surface area contributed by atoms with Gasteiger partial charge in [-0.2, -0.15) is 0 Å². The largest absolute Gasteiger partial charge is 0.612 e. The maximum atomic E-state index is 13.5. The lowest BCUT2D eigenvalue weighted by molar-refractivity contribution is -0.0548. The van der Waals surface area contributed by atoms with Crippen LogP contribution in [0.2, 0.25) is 0 Å². The van der Waals surface area contributed by atoms with Gasteiger partial charge >= 0.3 is 7.62 Å². The molecule has 1 aliphatic rings. The predicted octanol–water partition coefficient (Wildman–Crippen LogP) is 1.78. The zero-order valence-corrected chi connectivity index (χ0v) is 13.7. The number of rotatable bonds is 5. The molecule has 1 aromatic carbocycles. The van der Waals surface area contributed by atoms with E-state index in [0.29, 0.717) is 7.62 Å². The molecule has 0 aliphatic carbocycles. The van der Waals surface area contributed by atoms with E-state index in [2.05, 4.69) is 0 Å². The standard InChI is InChI=1S/C14H21BFNO3S/c1-14(2)17(15-19-3)12(9-16)13(20-14)10-5-7-11(8-6-10)21(4)18/h5-8,12-13,15H,9H2,1-4H3/t12-,13-,21?/m1/s1. The first-order valence-electron chi connectivity index (χ1n) is 6.83. The van der Waals surface area contributed by atoms with Crippen molar-refractivity contribution in [2.75, 3.05) is 20.0 Å². The maximum absolute atomic E-state index is 13.5. The van der Waals surface area contributed by atoms with Crippen LogP contribution < -0.4 is 0 Å². The molecule has 0 bridgehead atoms. The average Bonchev–Trinajstić information content (AvgIpc) is 2.71. The smallest absolute Gasteiger partial charge is 0.365 e. The Hall–Kier alpha value is -0.595. The summed E-state index contributed by atoms with van der Waals surface area (Å²) in [6.45, 7) is 3.30. The van der Waals surface area contributed by atoms with Crippen LogP contribution in [0.3, 0.4) is 0 Å². The van der Waals surface area contributed by atoms with Crippen molar-refractivity contribution in [2.45, 2.75) is 36.6 Å². The van der Waals surface area contributed by atoms with Crippen molar-refractivity contribution in [2.24, 2.45) is 0 Å². The third-order valence-electron chi connectivity index (χ3n) is 3.82. The summed E-state index contributed by atoms with van der Waals surface area (Å²) >= 11 is -1.02. The summed E-state index contributed by atoms with van der Waals surface area (Å²) in [6.07, 6.45) is 1.27. The fraction of sp³-hybridized carbons (Fsp3) is 0.571. The zero-order chi connectivity index (χ0) is 15.6. The minimum absolute atomic E-state index is 0.315. The van der Waals surface area contributed by atoms with E-state index in [1.165, 1.54) is 0 Å². The number of hydrogen-bond donors (Lipinski definition) is 0. The van der Waals surface area contributed by atoms with Gasteiger partial charge in [0.15, 0.2) is 4.90 Å². The Morgan fingerprint density at radius 1 is 1.43 bits per heavy atom. The molecule has 1 aliphatic heterocycles. The molecule has 0 aromatic heterocycles. The fourth-order valence-electron chi connectivity index (χ4n) is 2.71. The summed E-state index contributed by atoms with van der Waals surface area (Å²) in [6, 6.07) is 6.93. The Bertz CT molecular complexity index is 472. The van der Waals surface area contributed by atoms with Gasteiger partial charge < -0.3 is 13.9 Å².